The lowest BCUT2D eigenvalue weighted by molar-refractivity contribution is -0.118. The Bertz CT molecular complexity index is 1260. The zero-order chi connectivity index (χ0) is 22.0. The lowest BCUT2D eigenvalue weighted by atomic mass is 9.71. The summed E-state index contributed by atoms with van der Waals surface area (Å²) in [7, 11) is 0. The van der Waals surface area contributed by atoms with Crippen LogP contribution in [0.1, 0.15) is 31.9 Å². The number of nitrogens with one attached hydrogen (secondary N) is 2. The first kappa shape index (κ1) is 19.8. The highest BCUT2D eigenvalue weighted by atomic mass is 32.1. The predicted molar refractivity (Wildman–Crippen MR) is 125 cm³/mol. The molecule has 3 heterocycles. The number of anilines is 1. The molecule has 0 bridgehead atoms. The summed E-state index contributed by atoms with van der Waals surface area (Å²) in [5, 5.41) is 8.88. The summed E-state index contributed by atoms with van der Waals surface area (Å²) in [5.41, 5.74) is 5.29. The minimum atomic E-state index is -1.02. The zero-order valence-electron chi connectivity index (χ0n) is 16.9. The van der Waals surface area contributed by atoms with Crippen LogP contribution in [0, 0.1) is 0 Å². The largest absolute Gasteiger partial charge is 0.323 e. The van der Waals surface area contributed by atoms with Gasteiger partial charge in [-0.15, -0.1) is 11.3 Å². The number of thiophene rings is 1. The molecule has 5 rings (SSSR count). The van der Waals surface area contributed by atoms with Crippen molar-refractivity contribution in [2.24, 2.45) is 5.10 Å². The van der Waals surface area contributed by atoms with E-state index in [4.69, 9.17) is 0 Å². The van der Waals surface area contributed by atoms with Crippen LogP contribution in [-0.2, 0) is 10.2 Å². The van der Waals surface area contributed by atoms with Crippen LogP contribution in [-0.4, -0.2) is 23.0 Å². The molecule has 7 heteroatoms. The number of hydrazone groups is 1. The number of carbonyl (C=O) groups excluding carboxylic acids is 2. The van der Waals surface area contributed by atoms with Crippen molar-refractivity contribution in [2.75, 3.05) is 5.32 Å². The number of fused-ring (bicyclic) bond motifs is 1. The van der Waals surface area contributed by atoms with Crippen LogP contribution < -0.4 is 10.7 Å². The van der Waals surface area contributed by atoms with E-state index in [1.807, 2.05) is 72.1 Å². The van der Waals surface area contributed by atoms with Gasteiger partial charge in [-0.2, -0.15) is 5.10 Å². The van der Waals surface area contributed by atoms with E-state index in [-0.39, 0.29) is 11.8 Å². The van der Waals surface area contributed by atoms with Gasteiger partial charge in [-0.3, -0.25) is 14.6 Å². The monoisotopic (exact) mass is 438 g/mol. The fourth-order valence-corrected chi connectivity index (χ4v) is 5.00. The summed E-state index contributed by atoms with van der Waals surface area (Å²) < 4.78 is 0. The Kier molecular flexibility index (Phi) is 5.09. The standard InChI is InChI=1S/C25H18N4O2S/c30-23(29-27-15-17-8-7-13-26-14-17)22-21-20(16-32-22)25(24(31)28-21,18-9-3-1-4-10-18)19-11-5-2-6-12-19/h1-16H,(H,28,31)(H,29,30)/b27-15+. The van der Waals surface area contributed by atoms with Crippen molar-refractivity contribution in [3.8, 4) is 0 Å². The molecule has 1 aliphatic rings. The van der Waals surface area contributed by atoms with Crippen LogP contribution in [0.3, 0.4) is 0 Å². The van der Waals surface area contributed by atoms with Gasteiger partial charge in [-0.05, 0) is 22.6 Å². The predicted octanol–water partition coefficient (Wildman–Crippen LogP) is 4.19. The van der Waals surface area contributed by atoms with E-state index in [0.29, 0.717) is 10.6 Å². The molecule has 0 unspecified atom stereocenters. The van der Waals surface area contributed by atoms with E-state index in [1.165, 1.54) is 17.6 Å². The van der Waals surface area contributed by atoms with Crippen molar-refractivity contribution >= 4 is 35.1 Å². The molecular weight excluding hydrogens is 420 g/mol. The number of rotatable bonds is 5. The van der Waals surface area contributed by atoms with Gasteiger partial charge in [0.2, 0.25) is 5.91 Å². The van der Waals surface area contributed by atoms with Crippen molar-refractivity contribution in [3.63, 3.8) is 0 Å². The van der Waals surface area contributed by atoms with E-state index in [9.17, 15) is 9.59 Å². The van der Waals surface area contributed by atoms with Gasteiger partial charge in [0.25, 0.3) is 5.91 Å². The van der Waals surface area contributed by atoms with Crippen LogP contribution in [0.25, 0.3) is 0 Å². The van der Waals surface area contributed by atoms with Crippen molar-refractivity contribution in [1.29, 1.82) is 0 Å². The molecule has 156 valence electrons. The SMILES string of the molecule is O=C(N/N=C/c1cccnc1)c1scc2c1NC(=O)C2(c1ccccc1)c1ccccc1. The van der Waals surface area contributed by atoms with Crippen LogP contribution in [0.4, 0.5) is 5.69 Å². The summed E-state index contributed by atoms with van der Waals surface area (Å²) in [4.78, 5) is 30.8. The van der Waals surface area contributed by atoms with Gasteiger partial charge in [0.15, 0.2) is 0 Å². The molecular formula is C25H18N4O2S. The third-order valence-corrected chi connectivity index (χ3v) is 6.44. The highest BCUT2D eigenvalue weighted by Gasteiger charge is 2.51. The summed E-state index contributed by atoms with van der Waals surface area (Å²) in [6.45, 7) is 0. The van der Waals surface area contributed by atoms with Gasteiger partial charge < -0.3 is 5.32 Å². The zero-order valence-corrected chi connectivity index (χ0v) is 17.7. The first-order valence-electron chi connectivity index (χ1n) is 9.99. The molecule has 1 aliphatic heterocycles. The number of carbonyl (C=O) groups is 2. The Morgan fingerprint density at radius 3 is 2.31 bits per heavy atom. The molecule has 0 spiro atoms. The smallest absolute Gasteiger partial charge is 0.283 e. The van der Waals surface area contributed by atoms with Crippen molar-refractivity contribution < 1.29 is 9.59 Å². The molecule has 2 amide bonds. The number of hydrogen-bond acceptors (Lipinski definition) is 5. The second-order valence-electron chi connectivity index (χ2n) is 7.28. The highest BCUT2D eigenvalue weighted by Crippen LogP contribution is 2.50. The average Bonchev–Trinajstić information content (AvgIpc) is 3.38. The van der Waals surface area contributed by atoms with E-state index in [1.54, 1.807) is 18.5 Å². The van der Waals surface area contributed by atoms with Crippen molar-refractivity contribution in [3.05, 3.63) is 118 Å². The molecule has 4 aromatic rings. The van der Waals surface area contributed by atoms with Gasteiger partial charge in [0.05, 0.1) is 11.9 Å². The Morgan fingerprint density at radius 1 is 1.00 bits per heavy atom. The third-order valence-electron chi connectivity index (χ3n) is 5.46. The van der Waals surface area contributed by atoms with Crippen LogP contribution in [0.5, 0.6) is 0 Å². The Balaban J connectivity index is 1.54. The molecule has 0 saturated carbocycles. The molecule has 2 aromatic heterocycles. The molecule has 0 aliphatic carbocycles. The molecule has 2 aromatic carbocycles. The van der Waals surface area contributed by atoms with Crippen molar-refractivity contribution in [2.45, 2.75) is 5.41 Å². The molecule has 0 saturated heterocycles. The van der Waals surface area contributed by atoms with Crippen LogP contribution in [0.15, 0.2) is 95.7 Å². The number of hydrogen-bond donors (Lipinski definition) is 2. The first-order valence-corrected chi connectivity index (χ1v) is 10.9. The first-order chi connectivity index (χ1) is 15.7. The topological polar surface area (TPSA) is 83.4 Å². The maximum Gasteiger partial charge on any atom is 0.283 e. The Morgan fingerprint density at radius 2 is 1.69 bits per heavy atom. The second-order valence-corrected chi connectivity index (χ2v) is 8.15. The number of benzene rings is 2. The van der Waals surface area contributed by atoms with Gasteiger partial charge in [-0.1, -0.05) is 66.7 Å². The van der Waals surface area contributed by atoms with Gasteiger partial charge in [0, 0.05) is 23.5 Å². The van der Waals surface area contributed by atoms with Gasteiger partial charge >= 0.3 is 0 Å². The van der Waals surface area contributed by atoms with Crippen LogP contribution in [0.2, 0.25) is 0 Å². The summed E-state index contributed by atoms with van der Waals surface area (Å²) in [6, 6.07) is 22.9. The van der Waals surface area contributed by atoms with E-state index in [2.05, 4.69) is 20.8 Å². The normalized spacial score (nSPS) is 14.2. The molecule has 6 nitrogen and oxygen atoms in total. The molecule has 0 radical (unpaired) electrons. The summed E-state index contributed by atoms with van der Waals surface area (Å²) in [6.07, 6.45) is 4.83. The minimum Gasteiger partial charge on any atom is -0.323 e. The van der Waals surface area contributed by atoms with E-state index >= 15 is 0 Å². The minimum absolute atomic E-state index is 0.180. The highest BCUT2D eigenvalue weighted by molar-refractivity contribution is 7.13. The molecule has 32 heavy (non-hydrogen) atoms. The fraction of sp³-hybridized carbons (Fsp3) is 0.0400. The Labute approximate surface area is 188 Å². The molecule has 0 fully saturated rings. The second kappa shape index (κ2) is 8.20. The van der Waals surface area contributed by atoms with E-state index < -0.39 is 5.41 Å². The average molecular weight is 439 g/mol. The number of amides is 2. The third kappa shape index (κ3) is 3.19. The lowest BCUT2D eigenvalue weighted by Gasteiger charge is -2.28. The summed E-state index contributed by atoms with van der Waals surface area (Å²) in [5.74, 6) is -0.561. The molecule has 0 atom stereocenters. The van der Waals surface area contributed by atoms with E-state index in [0.717, 1.165) is 22.3 Å². The van der Waals surface area contributed by atoms with Gasteiger partial charge in [0.1, 0.15) is 10.3 Å². The molecule has 2 N–H and O–H groups in total. The van der Waals surface area contributed by atoms with Crippen LogP contribution >= 0.6 is 11.3 Å². The van der Waals surface area contributed by atoms with Gasteiger partial charge in [-0.25, -0.2) is 5.43 Å². The van der Waals surface area contributed by atoms with Crippen molar-refractivity contribution in [1.82, 2.24) is 10.4 Å². The number of aromatic nitrogens is 1. The summed E-state index contributed by atoms with van der Waals surface area (Å²) >= 11 is 1.29. The number of pyridine rings is 1. The quantitative estimate of drug-likeness (QED) is 0.362. The maximum absolute atomic E-state index is 13.5. The maximum atomic E-state index is 13.5. The fourth-order valence-electron chi connectivity index (χ4n) is 4.04. The lowest BCUT2D eigenvalue weighted by Crippen LogP contribution is -2.36. The number of nitrogens with zero attached hydrogens (tertiary/aromatic N) is 2. The Hall–Kier alpha value is -4.10.